The lowest BCUT2D eigenvalue weighted by atomic mass is 10.2. The molecule has 2 rings (SSSR count). The summed E-state index contributed by atoms with van der Waals surface area (Å²) in [7, 11) is -3.29. The summed E-state index contributed by atoms with van der Waals surface area (Å²) in [5.41, 5.74) is 0.202. The van der Waals surface area contributed by atoms with E-state index in [1.165, 1.54) is 48.3 Å². The van der Waals surface area contributed by atoms with E-state index in [1.54, 1.807) is 0 Å². The summed E-state index contributed by atoms with van der Waals surface area (Å²) in [5, 5.41) is 0.172. The average molecular weight is 364 g/mol. The van der Waals surface area contributed by atoms with E-state index in [0.29, 0.717) is 0 Å². The molecule has 2 aromatic rings. The zero-order valence-corrected chi connectivity index (χ0v) is 13.6. The molecule has 3 nitrogen and oxygen atoms in total. The summed E-state index contributed by atoms with van der Waals surface area (Å²) in [6, 6.07) is 9.49. The number of sulfone groups is 1. The van der Waals surface area contributed by atoms with Gasteiger partial charge in [-0.1, -0.05) is 29.8 Å². The molecule has 0 heterocycles. The molecule has 2 aromatic carbocycles. The molecule has 0 spiro atoms. The van der Waals surface area contributed by atoms with Gasteiger partial charge in [-0.2, -0.15) is 8.78 Å². The molecule has 0 saturated heterocycles. The maximum atomic E-state index is 13.8. The second kappa shape index (κ2) is 6.80. The molecule has 8 heteroatoms. The van der Waals surface area contributed by atoms with Crippen LogP contribution in [0.5, 0.6) is 0 Å². The molecular formula is C15H13ClF3NO2S. The molecule has 0 atom stereocenters. The quantitative estimate of drug-likeness (QED) is 0.802. The van der Waals surface area contributed by atoms with Gasteiger partial charge in [-0.25, -0.2) is 12.8 Å². The van der Waals surface area contributed by atoms with Crippen LogP contribution in [-0.2, 0) is 16.4 Å². The van der Waals surface area contributed by atoms with E-state index >= 15 is 0 Å². The van der Waals surface area contributed by atoms with Crippen molar-refractivity contribution in [2.45, 2.75) is 17.2 Å². The minimum Gasteiger partial charge on any atom is -0.369 e. The number of para-hydroxylation sites is 1. The van der Waals surface area contributed by atoms with Gasteiger partial charge < -0.3 is 4.90 Å². The highest BCUT2D eigenvalue weighted by Crippen LogP contribution is 2.30. The zero-order chi connectivity index (χ0) is 17.2. The maximum Gasteiger partial charge on any atom is 0.341 e. The third-order valence-corrected chi connectivity index (χ3v) is 5.06. The predicted octanol–water partition coefficient (Wildman–Crippen LogP) is 4.11. The van der Waals surface area contributed by atoms with Crippen LogP contribution in [0.4, 0.5) is 18.9 Å². The summed E-state index contributed by atoms with van der Waals surface area (Å²) >= 11 is 5.94. The Kier molecular flexibility index (Phi) is 5.21. The lowest BCUT2D eigenvalue weighted by Gasteiger charge is -2.23. The normalized spacial score (nSPS) is 11.7. The van der Waals surface area contributed by atoms with E-state index in [-0.39, 0.29) is 22.8 Å². The molecule has 0 radical (unpaired) electrons. The van der Waals surface area contributed by atoms with Crippen molar-refractivity contribution in [3.63, 3.8) is 0 Å². The Morgan fingerprint density at radius 1 is 1.13 bits per heavy atom. The van der Waals surface area contributed by atoms with Gasteiger partial charge in [0, 0.05) is 24.2 Å². The first-order valence-electron chi connectivity index (χ1n) is 6.50. The van der Waals surface area contributed by atoms with E-state index < -0.39 is 26.3 Å². The molecule has 0 amide bonds. The first-order valence-corrected chi connectivity index (χ1v) is 8.42. The van der Waals surface area contributed by atoms with Crippen LogP contribution >= 0.6 is 11.6 Å². The van der Waals surface area contributed by atoms with Crippen molar-refractivity contribution >= 4 is 27.1 Å². The van der Waals surface area contributed by atoms with Gasteiger partial charge in [-0.3, -0.25) is 0 Å². The van der Waals surface area contributed by atoms with Gasteiger partial charge in [0.2, 0.25) is 9.84 Å². The number of benzene rings is 2. The van der Waals surface area contributed by atoms with Crippen molar-refractivity contribution < 1.29 is 21.6 Å². The lowest BCUT2D eigenvalue weighted by molar-refractivity contribution is 0.235. The standard InChI is InChI=1S/C15H13ClF3NO2S/c1-20(9-10-11(16)5-4-6-12(10)17)13-7-2-3-8-14(13)23(21,22)15(18)19/h2-8,15H,9H2,1H3. The van der Waals surface area contributed by atoms with Crippen molar-refractivity contribution in [2.75, 3.05) is 11.9 Å². The number of nitrogens with zero attached hydrogens (tertiary/aromatic N) is 1. The van der Waals surface area contributed by atoms with Crippen molar-refractivity contribution in [3.05, 3.63) is 58.9 Å². The molecule has 0 aromatic heterocycles. The Morgan fingerprint density at radius 2 is 1.78 bits per heavy atom. The summed E-state index contributed by atoms with van der Waals surface area (Å²) in [6.45, 7) is -0.0682. The second-order valence-electron chi connectivity index (χ2n) is 4.83. The zero-order valence-electron chi connectivity index (χ0n) is 12.0. The van der Waals surface area contributed by atoms with Crippen molar-refractivity contribution in [1.82, 2.24) is 0 Å². The van der Waals surface area contributed by atoms with Gasteiger partial charge in [0.05, 0.1) is 10.6 Å². The molecule has 0 aliphatic rings. The highest BCUT2D eigenvalue weighted by atomic mass is 35.5. The third kappa shape index (κ3) is 3.61. The van der Waals surface area contributed by atoms with Gasteiger partial charge >= 0.3 is 5.76 Å². The van der Waals surface area contributed by atoms with E-state index in [9.17, 15) is 21.6 Å². The topological polar surface area (TPSA) is 37.4 Å². The van der Waals surface area contributed by atoms with Crippen LogP contribution in [0, 0.1) is 5.82 Å². The van der Waals surface area contributed by atoms with E-state index in [4.69, 9.17) is 11.6 Å². The fourth-order valence-corrected chi connectivity index (χ4v) is 3.31. The smallest absolute Gasteiger partial charge is 0.341 e. The van der Waals surface area contributed by atoms with E-state index in [2.05, 4.69) is 0 Å². The van der Waals surface area contributed by atoms with Crippen LogP contribution in [0.25, 0.3) is 0 Å². The van der Waals surface area contributed by atoms with Crippen LogP contribution < -0.4 is 4.90 Å². The molecule has 0 saturated carbocycles. The third-order valence-electron chi connectivity index (χ3n) is 3.27. The number of alkyl halides is 2. The maximum absolute atomic E-state index is 13.8. The minimum atomic E-state index is -4.77. The summed E-state index contributed by atoms with van der Waals surface area (Å²) in [4.78, 5) is 0.851. The monoisotopic (exact) mass is 363 g/mol. The van der Waals surface area contributed by atoms with Crippen LogP contribution in [0.2, 0.25) is 5.02 Å². The average Bonchev–Trinajstić information content (AvgIpc) is 2.50. The molecule has 0 unspecified atom stereocenters. The highest BCUT2D eigenvalue weighted by Gasteiger charge is 2.30. The van der Waals surface area contributed by atoms with Crippen molar-refractivity contribution in [3.8, 4) is 0 Å². The molecule has 124 valence electrons. The van der Waals surface area contributed by atoms with E-state index in [1.807, 2.05) is 0 Å². The van der Waals surface area contributed by atoms with Gasteiger partial charge in [0.15, 0.2) is 0 Å². The molecule has 0 fully saturated rings. The first kappa shape index (κ1) is 17.6. The Morgan fingerprint density at radius 3 is 2.39 bits per heavy atom. The van der Waals surface area contributed by atoms with Gasteiger partial charge in [0.1, 0.15) is 5.82 Å². The minimum absolute atomic E-state index is 0.0483. The summed E-state index contributed by atoms with van der Waals surface area (Å²) < 4.78 is 63.0. The lowest BCUT2D eigenvalue weighted by Crippen LogP contribution is -2.22. The fourth-order valence-electron chi connectivity index (χ4n) is 2.11. The van der Waals surface area contributed by atoms with Crippen LogP contribution in [-0.4, -0.2) is 21.2 Å². The molecule has 23 heavy (non-hydrogen) atoms. The molecule has 0 N–H and O–H groups in total. The van der Waals surface area contributed by atoms with Gasteiger partial charge in [0.25, 0.3) is 0 Å². The molecule has 0 aliphatic heterocycles. The fraction of sp³-hybridized carbons (Fsp3) is 0.200. The number of anilines is 1. The summed E-state index contributed by atoms with van der Waals surface area (Å²) in [5.74, 6) is -4.09. The Balaban J connectivity index is 2.44. The SMILES string of the molecule is CN(Cc1c(F)cccc1Cl)c1ccccc1S(=O)(=O)C(F)F. The van der Waals surface area contributed by atoms with Gasteiger partial charge in [-0.15, -0.1) is 0 Å². The predicted molar refractivity (Wildman–Crippen MR) is 83.1 cm³/mol. The Labute approximate surface area is 137 Å². The summed E-state index contributed by atoms with van der Waals surface area (Å²) in [6.07, 6.45) is 0. The van der Waals surface area contributed by atoms with Crippen molar-refractivity contribution in [1.29, 1.82) is 0 Å². The Bertz CT molecular complexity index is 792. The van der Waals surface area contributed by atoms with Crippen LogP contribution in [0.1, 0.15) is 5.56 Å². The van der Waals surface area contributed by atoms with E-state index in [0.717, 1.165) is 6.07 Å². The number of rotatable bonds is 5. The highest BCUT2D eigenvalue weighted by molar-refractivity contribution is 7.91. The first-order chi connectivity index (χ1) is 10.7. The Hall–Kier alpha value is -1.73. The molecular weight excluding hydrogens is 351 g/mol. The van der Waals surface area contributed by atoms with Gasteiger partial charge in [-0.05, 0) is 24.3 Å². The largest absolute Gasteiger partial charge is 0.369 e. The molecule has 0 bridgehead atoms. The number of hydrogen-bond acceptors (Lipinski definition) is 3. The second-order valence-corrected chi connectivity index (χ2v) is 7.12. The van der Waals surface area contributed by atoms with Crippen molar-refractivity contribution in [2.24, 2.45) is 0 Å². The molecule has 0 aliphatic carbocycles. The van der Waals surface area contributed by atoms with Crippen LogP contribution in [0.15, 0.2) is 47.4 Å². The number of hydrogen-bond donors (Lipinski definition) is 0. The number of halogens is 4. The van der Waals surface area contributed by atoms with Crippen LogP contribution in [0.3, 0.4) is 0 Å².